The minimum absolute atomic E-state index is 0.0656. The van der Waals surface area contributed by atoms with E-state index in [4.69, 9.17) is 42.1 Å². The van der Waals surface area contributed by atoms with Gasteiger partial charge in [0.05, 0.1) is 55.5 Å². The molecule has 41 heavy (non-hydrogen) atoms. The molecule has 1 aromatic carbocycles. The van der Waals surface area contributed by atoms with Crippen molar-refractivity contribution >= 4 is 35.2 Å². The van der Waals surface area contributed by atoms with Crippen molar-refractivity contribution in [3.8, 4) is 0 Å². The number of carbonyl (C=O) groups is 2. The summed E-state index contributed by atoms with van der Waals surface area (Å²) in [6, 6.07) is 4.93. The van der Waals surface area contributed by atoms with E-state index in [0.717, 1.165) is 17.7 Å². The van der Waals surface area contributed by atoms with E-state index in [0.29, 0.717) is 69.1 Å². The molecule has 0 spiro atoms. The maximum atomic E-state index is 13.2. The molecule has 0 radical (unpaired) electrons. The highest BCUT2D eigenvalue weighted by atomic mass is 35.5. The van der Waals surface area contributed by atoms with Gasteiger partial charge >= 0.3 is 6.09 Å². The SMILES string of the molecule is C=C(/C=C\C=C/C)[C@@H](CN1CC[C@H](OC(=O)NCCOCCOCCOC)C1)N(C)C(=O)Cc1ccc(Cl)c(Cl)c1. The third-order valence-corrected chi connectivity index (χ3v) is 7.23. The number of allylic oxidation sites excluding steroid dienone is 3. The van der Waals surface area contributed by atoms with Crippen LogP contribution in [0.5, 0.6) is 0 Å². The fraction of sp³-hybridized carbons (Fsp3) is 0.533. The molecule has 0 bridgehead atoms. The third-order valence-electron chi connectivity index (χ3n) is 6.50. The molecule has 1 aromatic rings. The average molecular weight is 613 g/mol. The summed E-state index contributed by atoms with van der Waals surface area (Å²) in [6.07, 6.45) is 7.85. The van der Waals surface area contributed by atoms with E-state index in [1.165, 1.54) is 0 Å². The Labute approximate surface area is 254 Å². The number of benzene rings is 1. The molecule has 2 rings (SSSR count). The number of nitrogens with zero attached hydrogens (tertiary/aromatic N) is 2. The van der Waals surface area contributed by atoms with Crippen LogP contribution in [0.3, 0.4) is 0 Å². The van der Waals surface area contributed by atoms with Crippen molar-refractivity contribution in [2.24, 2.45) is 0 Å². The molecule has 1 N–H and O–H groups in total. The van der Waals surface area contributed by atoms with Crippen LogP contribution in [-0.2, 0) is 30.2 Å². The Hall–Kier alpha value is -2.40. The van der Waals surface area contributed by atoms with Crippen LogP contribution in [0.25, 0.3) is 0 Å². The number of hydrogen-bond acceptors (Lipinski definition) is 7. The van der Waals surface area contributed by atoms with E-state index in [1.54, 1.807) is 37.3 Å². The van der Waals surface area contributed by atoms with Crippen LogP contribution in [0.15, 0.2) is 54.7 Å². The summed E-state index contributed by atoms with van der Waals surface area (Å²) in [6.45, 7) is 10.7. The predicted octanol–water partition coefficient (Wildman–Crippen LogP) is 4.53. The average Bonchev–Trinajstić information content (AvgIpc) is 3.39. The van der Waals surface area contributed by atoms with Gasteiger partial charge in [0.1, 0.15) is 6.10 Å². The third kappa shape index (κ3) is 13.4. The largest absolute Gasteiger partial charge is 0.445 e. The van der Waals surface area contributed by atoms with Crippen LogP contribution in [0.1, 0.15) is 18.9 Å². The molecule has 0 saturated carbocycles. The molecule has 1 aliphatic rings. The Balaban J connectivity index is 1.85. The smallest absolute Gasteiger partial charge is 0.407 e. The fourth-order valence-electron chi connectivity index (χ4n) is 4.20. The molecule has 0 unspecified atom stereocenters. The summed E-state index contributed by atoms with van der Waals surface area (Å²) in [4.78, 5) is 29.4. The second-order valence-electron chi connectivity index (χ2n) is 9.63. The molecule has 1 fully saturated rings. The Kier molecular flexibility index (Phi) is 16.7. The van der Waals surface area contributed by atoms with Crippen LogP contribution in [0.4, 0.5) is 4.79 Å². The number of amides is 2. The number of methoxy groups -OCH3 is 1. The minimum atomic E-state index is -0.471. The molecule has 1 aliphatic heterocycles. The second kappa shape index (κ2) is 19.7. The summed E-state index contributed by atoms with van der Waals surface area (Å²) >= 11 is 12.2. The molecule has 1 saturated heterocycles. The summed E-state index contributed by atoms with van der Waals surface area (Å²) in [5.41, 5.74) is 1.59. The van der Waals surface area contributed by atoms with Crippen LogP contribution >= 0.6 is 23.2 Å². The normalized spacial score (nSPS) is 16.4. The number of likely N-dealkylation sites (N-methyl/N-ethyl adjacent to an activating group) is 1. The zero-order valence-corrected chi connectivity index (χ0v) is 25.8. The van der Waals surface area contributed by atoms with Crippen LogP contribution in [-0.4, -0.2) is 107 Å². The van der Waals surface area contributed by atoms with Gasteiger partial charge in [-0.2, -0.15) is 0 Å². The van der Waals surface area contributed by atoms with Crippen molar-refractivity contribution in [1.29, 1.82) is 0 Å². The van der Waals surface area contributed by atoms with Crippen LogP contribution < -0.4 is 5.32 Å². The summed E-state index contributed by atoms with van der Waals surface area (Å²) < 4.78 is 21.3. The highest BCUT2D eigenvalue weighted by Crippen LogP contribution is 2.24. The lowest BCUT2D eigenvalue weighted by molar-refractivity contribution is -0.130. The quantitative estimate of drug-likeness (QED) is 0.193. The molecule has 0 aliphatic carbocycles. The van der Waals surface area contributed by atoms with Gasteiger partial charge in [0.15, 0.2) is 0 Å². The highest BCUT2D eigenvalue weighted by molar-refractivity contribution is 6.42. The topological polar surface area (TPSA) is 89.6 Å². The lowest BCUT2D eigenvalue weighted by Crippen LogP contribution is -2.46. The number of carbonyl (C=O) groups excluding carboxylic acids is 2. The number of halogens is 2. The van der Waals surface area contributed by atoms with Gasteiger partial charge in [-0.15, -0.1) is 0 Å². The Morgan fingerprint density at radius 1 is 1.15 bits per heavy atom. The van der Waals surface area contributed by atoms with Crippen molar-refractivity contribution in [2.45, 2.75) is 31.9 Å². The lowest BCUT2D eigenvalue weighted by atomic mass is 10.0. The van der Waals surface area contributed by atoms with Gasteiger partial charge < -0.3 is 29.2 Å². The van der Waals surface area contributed by atoms with Crippen molar-refractivity contribution in [2.75, 3.05) is 73.4 Å². The van der Waals surface area contributed by atoms with Gasteiger partial charge in [-0.05, 0) is 36.6 Å². The van der Waals surface area contributed by atoms with Gasteiger partial charge in [-0.1, -0.05) is 60.2 Å². The lowest BCUT2D eigenvalue weighted by Gasteiger charge is -2.32. The number of ether oxygens (including phenoxy) is 4. The monoisotopic (exact) mass is 611 g/mol. The molecule has 1 heterocycles. The standard InChI is InChI=1S/C30H43Cl2N3O6/c1-5-6-7-8-23(2)28(34(3)29(36)20-24-9-10-26(31)27(32)19-24)22-35-13-11-25(21-35)41-30(37)33-12-14-39-17-18-40-16-15-38-4/h5-10,19,25,28H,2,11-18,20-22H2,1,3-4H3,(H,33,37)/b6-5-,8-7-/t25-,28+/m0/s1. The second-order valence-corrected chi connectivity index (χ2v) is 10.4. The Bertz CT molecular complexity index is 1040. The number of hydrogen-bond donors (Lipinski definition) is 1. The minimum Gasteiger partial charge on any atom is -0.445 e. The van der Waals surface area contributed by atoms with Crippen LogP contribution in [0.2, 0.25) is 10.0 Å². The van der Waals surface area contributed by atoms with E-state index >= 15 is 0 Å². The van der Waals surface area contributed by atoms with E-state index in [9.17, 15) is 9.59 Å². The molecule has 228 valence electrons. The molecule has 9 nitrogen and oxygen atoms in total. The maximum Gasteiger partial charge on any atom is 0.407 e. The van der Waals surface area contributed by atoms with E-state index < -0.39 is 6.09 Å². The van der Waals surface area contributed by atoms with Gasteiger partial charge in [0.25, 0.3) is 0 Å². The first-order chi connectivity index (χ1) is 19.7. The van der Waals surface area contributed by atoms with Gasteiger partial charge in [0.2, 0.25) is 5.91 Å². The van der Waals surface area contributed by atoms with Gasteiger partial charge in [-0.3, -0.25) is 9.69 Å². The van der Waals surface area contributed by atoms with Crippen molar-refractivity contribution < 1.29 is 28.5 Å². The van der Waals surface area contributed by atoms with Crippen molar-refractivity contribution in [3.05, 3.63) is 70.3 Å². The number of alkyl carbamates (subject to hydrolysis) is 1. The molecule has 11 heteroatoms. The molecule has 2 amide bonds. The van der Waals surface area contributed by atoms with E-state index in [1.807, 2.05) is 31.2 Å². The predicted molar refractivity (Wildman–Crippen MR) is 163 cm³/mol. The summed E-state index contributed by atoms with van der Waals surface area (Å²) in [7, 11) is 3.40. The highest BCUT2D eigenvalue weighted by Gasteiger charge is 2.30. The molecule has 2 atom stereocenters. The first kappa shape index (κ1) is 34.8. The Morgan fingerprint density at radius 3 is 2.59 bits per heavy atom. The van der Waals surface area contributed by atoms with Gasteiger partial charge in [0, 0.05) is 40.3 Å². The zero-order chi connectivity index (χ0) is 30.0. The molecular formula is C30H43Cl2N3O6. The van der Waals surface area contributed by atoms with Crippen molar-refractivity contribution in [1.82, 2.24) is 15.1 Å². The molecule has 0 aromatic heterocycles. The summed E-state index contributed by atoms with van der Waals surface area (Å²) in [5.74, 6) is -0.0656. The first-order valence-electron chi connectivity index (χ1n) is 13.7. The zero-order valence-electron chi connectivity index (χ0n) is 24.3. The van der Waals surface area contributed by atoms with Gasteiger partial charge in [-0.25, -0.2) is 4.79 Å². The molecular weight excluding hydrogens is 569 g/mol. The fourth-order valence-corrected chi connectivity index (χ4v) is 4.52. The summed E-state index contributed by atoms with van der Waals surface area (Å²) in [5, 5.41) is 3.58. The number of rotatable bonds is 18. The maximum absolute atomic E-state index is 13.2. The van der Waals surface area contributed by atoms with E-state index in [2.05, 4.69) is 16.8 Å². The first-order valence-corrected chi connectivity index (χ1v) is 14.5. The Morgan fingerprint density at radius 2 is 1.88 bits per heavy atom. The van der Waals surface area contributed by atoms with E-state index in [-0.39, 0.29) is 24.5 Å². The van der Waals surface area contributed by atoms with Crippen molar-refractivity contribution in [3.63, 3.8) is 0 Å². The number of nitrogens with one attached hydrogen (secondary N) is 1. The number of likely N-dealkylation sites (tertiary alicyclic amines) is 1. The van der Waals surface area contributed by atoms with Crippen LogP contribution in [0, 0.1) is 0 Å².